The van der Waals surface area contributed by atoms with Crippen LogP contribution < -0.4 is 11.5 Å². The summed E-state index contributed by atoms with van der Waals surface area (Å²) in [7, 11) is 0. The Morgan fingerprint density at radius 1 is 1.62 bits per heavy atom. The number of carbonyl (C=O) groups excluding carboxylic acids is 1. The van der Waals surface area contributed by atoms with Crippen LogP contribution in [-0.2, 0) is 4.79 Å². The third-order valence-electron chi connectivity index (χ3n) is 1.50. The van der Waals surface area contributed by atoms with Crippen LogP contribution in [0, 0.1) is 0 Å². The molecule has 0 saturated carbocycles. The first-order valence-electron chi connectivity index (χ1n) is 3.49. The van der Waals surface area contributed by atoms with Crippen molar-refractivity contribution in [1.29, 1.82) is 0 Å². The maximum Gasteiger partial charge on any atom is 0.219 e. The van der Waals surface area contributed by atoms with E-state index < -0.39 is 11.9 Å². The molecule has 1 amide bonds. The van der Waals surface area contributed by atoms with Crippen molar-refractivity contribution in [2.75, 3.05) is 0 Å². The van der Waals surface area contributed by atoms with E-state index in [1.807, 2.05) is 0 Å². The fourth-order valence-electron chi connectivity index (χ4n) is 0.932. The van der Waals surface area contributed by atoms with Gasteiger partial charge in [-0.1, -0.05) is 23.2 Å². The van der Waals surface area contributed by atoms with E-state index in [0.717, 1.165) is 0 Å². The number of amides is 1. The van der Waals surface area contributed by atoms with Crippen molar-refractivity contribution in [3.8, 4) is 0 Å². The fraction of sp³-hybridized carbons (Fsp3) is 0.286. The zero-order valence-electron chi connectivity index (χ0n) is 6.59. The molecule has 1 atom stereocenters. The minimum Gasteiger partial charge on any atom is -0.370 e. The summed E-state index contributed by atoms with van der Waals surface area (Å²) in [5, 5.41) is 0. The van der Waals surface area contributed by atoms with E-state index in [1.165, 1.54) is 11.3 Å². The van der Waals surface area contributed by atoms with Crippen LogP contribution in [-0.4, -0.2) is 5.91 Å². The first kappa shape index (κ1) is 10.8. The van der Waals surface area contributed by atoms with Crippen LogP contribution in [0.15, 0.2) is 6.07 Å². The first-order chi connectivity index (χ1) is 6.00. The maximum atomic E-state index is 10.6. The number of carbonyl (C=O) groups is 1. The van der Waals surface area contributed by atoms with Crippen LogP contribution in [0.25, 0.3) is 0 Å². The van der Waals surface area contributed by atoms with Crippen LogP contribution in [0.4, 0.5) is 0 Å². The van der Waals surface area contributed by atoms with E-state index in [-0.39, 0.29) is 6.42 Å². The lowest BCUT2D eigenvalue weighted by atomic mass is 10.1. The SMILES string of the molecule is NC(=O)C[C@@H](N)c1cc(Cl)sc1Cl. The van der Waals surface area contributed by atoms with Crippen molar-refractivity contribution in [3.05, 3.63) is 20.3 Å². The fourth-order valence-corrected chi connectivity index (χ4v) is 2.53. The van der Waals surface area contributed by atoms with Gasteiger partial charge in [0, 0.05) is 18.0 Å². The zero-order chi connectivity index (χ0) is 10.0. The minimum atomic E-state index is -0.464. The van der Waals surface area contributed by atoms with Gasteiger partial charge in [0.15, 0.2) is 0 Å². The molecule has 4 N–H and O–H groups in total. The normalized spacial score (nSPS) is 12.8. The minimum absolute atomic E-state index is 0.0762. The van der Waals surface area contributed by atoms with Gasteiger partial charge in [-0.25, -0.2) is 0 Å². The molecule has 0 unspecified atom stereocenters. The summed E-state index contributed by atoms with van der Waals surface area (Å²) in [5.74, 6) is -0.453. The highest BCUT2D eigenvalue weighted by Crippen LogP contribution is 2.34. The summed E-state index contributed by atoms with van der Waals surface area (Å²) in [6.07, 6.45) is 0.0762. The highest BCUT2D eigenvalue weighted by molar-refractivity contribution is 7.20. The molecule has 1 aromatic heterocycles. The summed E-state index contributed by atoms with van der Waals surface area (Å²) < 4.78 is 1.07. The molecule has 0 aliphatic rings. The van der Waals surface area contributed by atoms with Gasteiger partial charge in [-0.3, -0.25) is 4.79 Å². The van der Waals surface area contributed by atoms with Crippen LogP contribution >= 0.6 is 34.5 Å². The molecule has 0 spiro atoms. The Balaban J connectivity index is 2.81. The Bertz CT molecular complexity index is 326. The lowest BCUT2D eigenvalue weighted by molar-refractivity contribution is -0.118. The van der Waals surface area contributed by atoms with E-state index in [0.29, 0.717) is 14.2 Å². The number of halogens is 2. The molecule has 0 aromatic carbocycles. The molecule has 0 fully saturated rings. The second kappa shape index (κ2) is 4.28. The molecule has 0 aliphatic carbocycles. The van der Waals surface area contributed by atoms with Gasteiger partial charge >= 0.3 is 0 Å². The van der Waals surface area contributed by atoms with Crippen molar-refractivity contribution < 1.29 is 4.79 Å². The molecular formula is C7H8Cl2N2OS. The number of thiophene rings is 1. The van der Waals surface area contributed by atoms with Gasteiger partial charge in [-0.05, 0) is 6.07 Å². The van der Waals surface area contributed by atoms with E-state index in [4.69, 9.17) is 34.7 Å². The van der Waals surface area contributed by atoms with Gasteiger partial charge < -0.3 is 11.5 Å². The average Bonchev–Trinajstić information content (AvgIpc) is 2.28. The lowest BCUT2D eigenvalue weighted by Gasteiger charge is -2.06. The molecule has 3 nitrogen and oxygen atoms in total. The lowest BCUT2D eigenvalue weighted by Crippen LogP contribution is -2.20. The van der Waals surface area contributed by atoms with Gasteiger partial charge in [-0.2, -0.15) is 0 Å². The van der Waals surface area contributed by atoms with E-state index >= 15 is 0 Å². The zero-order valence-corrected chi connectivity index (χ0v) is 8.92. The average molecular weight is 239 g/mol. The summed E-state index contributed by atoms with van der Waals surface area (Å²) in [6, 6.07) is 1.19. The maximum absolute atomic E-state index is 10.6. The van der Waals surface area contributed by atoms with Gasteiger partial charge in [0.2, 0.25) is 5.91 Å². The van der Waals surface area contributed by atoms with Gasteiger partial charge in [0.05, 0.1) is 8.67 Å². The molecule has 1 aromatic rings. The second-order valence-electron chi connectivity index (χ2n) is 2.56. The van der Waals surface area contributed by atoms with Crippen molar-refractivity contribution in [2.24, 2.45) is 11.5 Å². The smallest absolute Gasteiger partial charge is 0.219 e. The summed E-state index contributed by atoms with van der Waals surface area (Å²) in [5.41, 5.74) is 11.3. The van der Waals surface area contributed by atoms with Crippen molar-refractivity contribution >= 4 is 40.4 Å². The molecule has 1 rings (SSSR count). The quantitative estimate of drug-likeness (QED) is 0.846. The predicted octanol–water partition coefficient (Wildman–Crippen LogP) is 1.93. The van der Waals surface area contributed by atoms with Gasteiger partial charge in [0.1, 0.15) is 0 Å². The van der Waals surface area contributed by atoms with E-state index in [9.17, 15) is 4.79 Å². The standard InChI is InChI=1S/C7H8Cl2N2OS/c8-5-1-3(7(9)13-5)4(10)2-6(11)12/h1,4H,2,10H2,(H2,11,12)/t4-/m1/s1. The number of primary amides is 1. The molecule has 0 bridgehead atoms. The topological polar surface area (TPSA) is 69.1 Å². The molecule has 1 heterocycles. The van der Waals surface area contributed by atoms with Crippen LogP contribution in [0.2, 0.25) is 8.67 Å². The Labute approximate surface area is 89.6 Å². The number of nitrogens with two attached hydrogens (primary N) is 2. The molecule has 0 radical (unpaired) electrons. The van der Waals surface area contributed by atoms with Crippen LogP contribution in [0.3, 0.4) is 0 Å². The second-order valence-corrected chi connectivity index (χ2v) is 4.84. The highest BCUT2D eigenvalue weighted by atomic mass is 35.5. The summed E-state index contributed by atoms with van der Waals surface area (Å²) in [6.45, 7) is 0. The van der Waals surface area contributed by atoms with Gasteiger partial charge in [0.25, 0.3) is 0 Å². The van der Waals surface area contributed by atoms with Gasteiger partial charge in [-0.15, -0.1) is 11.3 Å². The van der Waals surface area contributed by atoms with Crippen LogP contribution in [0.5, 0.6) is 0 Å². The van der Waals surface area contributed by atoms with Crippen molar-refractivity contribution in [2.45, 2.75) is 12.5 Å². The predicted molar refractivity (Wildman–Crippen MR) is 55.1 cm³/mol. The third kappa shape index (κ3) is 2.84. The molecule has 72 valence electrons. The molecule has 6 heteroatoms. The number of hydrogen-bond donors (Lipinski definition) is 2. The monoisotopic (exact) mass is 238 g/mol. The van der Waals surface area contributed by atoms with E-state index in [2.05, 4.69) is 0 Å². The van der Waals surface area contributed by atoms with Crippen molar-refractivity contribution in [1.82, 2.24) is 0 Å². The number of rotatable bonds is 3. The first-order valence-corrected chi connectivity index (χ1v) is 5.06. The molecule has 13 heavy (non-hydrogen) atoms. The third-order valence-corrected chi connectivity index (χ3v) is 3.02. The largest absolute Gasteiger partial charge is 0.370 e. The van der Waals surface area contributed by atoms with Crippen molar-refractivity contribution in [3.63, 3.8) is 0 Å². The molecule has 0 saturated heterocycles. The Morgan fingerprint density at radius 3 is 2.62 bits per heavy atom. The summed E-state index contributed by atoms with van der Waals surface area (Å²) >= 11 is 12.8. The number of hydrogen-bond acceptors (Lipinski definition) is 3. The molecule has 0 aliphatic heterocycles. The summed E-state index contributed by atoms with van der Waals surface area (Å²) in [4.78, 5) is 10.6. The van der Waals surface area contributed by atoms with Crippen LogP contribution in [0.1, 0.15) is 18.0 Å². The molecular weight excluding hydrogens is 231 g/mol. The van der Waals surface area contributed by atoms with E-state index in [1.54, 1.807) is 6.07 Å². The Hall–Kier alpha value is -0.290. The highest BCUT2D eigenvalue weighted by Gasteiger charge is 2.15. The Morgan fingerprint density at radius 2 is 2.23 bits per heavy atom. The Kier molecular flexibility index (Phi) is 3.55.